The third-order valence-electron chi connectivity index (χ3n) is 2.73. The fourth-order valence-electron chi connectivity index (χ4n) is 1.64. The van der Waals surface area contributed by atoms with Crippen molar-refractivity contribution in [3.63, 3.8) is 0 Å². The molecule has 2 heterocycles. The van der Waals surface area contributed by atoms with Gasteiger partial charge in [-0.3, -0.25) is 9.36 Å². The van der Waals surface area contributed by atoms with Gasteiger partial charge in [-0.1, -0.05) is 13.8 Å². The highest BCUT2D eigenvalue weighted by Gasteiger charge is 2.29. The second-order valence-corrected chi connectivity index (χ2v) is 4.68. The fourth-order valence-corrected chi connectivity index (χ4v) is 1.64. The van der Waals surface area contributed by atoms with E-state index in [0.29, 0.717) is 0 Å². The molecule has 8 nitrogen and oxygen atoms in total. The molecule has 8 heteroatoms. The SMILES string of the molecule is CC(C)C(=O)OC[C@H]1OC[C@@H](n2ccc(N)nc2=O)O1. The van der Waals surface area contributed by atoms with Crippen LogP contribution in [0.25, 0.3) is 0 Å². The minimum absolute atomic E-state index is 0.00926. The van der Waals surface area contributed by atoms with Gasteiger partial charge in [0.25, 0.3) is 0 Å². The molecule has 0 amide bonds. The Labute approximate surface area is 115 Å². The average molecular weight is 283 g/mol. The molecule has 1 aliphatic heterocycles. The van der Waals surface area contributed by atoms with Crippen LogP contribution in [-0.4, -0.2) is 35.0 Å². The van der Waals surface area contributed by atoms with Crippen LogP contribution in [0.4, 0.5) is 5.82 Å². The predicted molar refractivity (Wildman–Crippen MR) is 68.6 cm³/mol. The summed E-state index contributed by atoms with van der Waals surface area (Å²) in [5.74, 6) is -0.393. The lowest BCUT2D eigenvalue weighted by atomic mass is 10.2. The molecule has 2 rings (SSSR count). The molecule has 20 heavy (non-hydrogen) atoms. The molecular formula is C12H17N3O5. The van der Waals surface area contributed by atoms with Crippen LogP contribution in [0.2, 0.25) is 0 Å². The third-order valence-corrected chi connectivity index (χ3v) is 2.73. The Bertz CT molecular complexity index is 542. The zero-order valence-electron chi connectivity index (χ0n) is 11.3. The van der Waals surface area contributed by atoms with Gasteiger partial charge >= 0.3 is 11.7 Å². The van der Waals surface area contributed by atoms with Crippen molar-refractivity contribution in [2.24, 2.45) is 5.92 Å². The highest BCUT2D eigenvalue weighted by molar-refractivity contribution is 5.71. The highest BCUT2D eigenvalue weighted by Crippen LogP contribution is 2.19. The topological polar surface area (TPSA) is 106 Å². The molecule has 0 saturated carbocycles. The van der Waals surface area contributed by atoms with Gasteiger partial charge in [0.1, 0.15) is 12.4 Å². The Morgan fingerprint density at radius 3 is 3.05 bits per heavy atom. The first-order valence-corrected chi connectivity index (χ1v) is 6.25. The third kappa shape index (κ3) is 3.34. The van der Waals surface area contributed by atoms with Gasteiger partial charge in [0.05, 0.1) is 12.5 Å². The van der Waals surface area contributed by atoms with E-state index < -0.39 is 18.2 Å². The molecular weight excluding hydrogens is 266 g/mol. The van der Waals surface area contributed by atoms with Crippen molar-refractivity contribution < 1.29 is 19.0 Å². The van der Waals surface area contributed by atoms with Crippen LogP contribution < -0.4 is 11.4 Å². The summed E-state index contributed by atoms with van der Waals surface area (Å²) in [5.41, 5.74) is 4.89. The Morgan fingerprint density at radius 1 is 1.65 bits per heavy atom. The minimum atomic E-state index is -0.688. The summed E-state index contributed by atoms with van der Waals surface area (Å²) in [6.45, 7) is 3.64. The lowest BCUT2D eigenvalue weighted by molar-refractivity contribution is -0.162. The molecule has 1 aromatic rings. The summed E-state index contributed by atoms with van der Waals surface area (Å²) in [6.07, 6.45) is 0.201. The molecule has 0 aliphatic carbocycles. The number of rotatable bonds is 4. The number of nitrogen functional groups attached to an aromatic ring is 1. The molecule has 0 radical (unpaired) electrons. The molecule has 0 aromatic carbocycles. The normalized spacial score (nSPS) is 22.1. The van der Waals surface area contributed by atoms with E-state index in [1.807, 2.05) is 0 Å². The van der Waals surface area contributed by atoms with E-state index in [1.165, 1.54) is 16.8 Å². The lowest BCUT2D eigenvalue weighted by Gasteiger charge is -2.14. The van der Waals surface area contributed by atoms with Crippen LogP contribution in [-0.2, 0) is 19.0 Å². The Morgan fingerprint density at radius 2 is 2.40 bits per heavy atom. The van der Waals surface area contributed by atoms with Gasteiger partial charge in [0.15, 0.2) is 12.5 Å². The van der Waals surface area contributed by atoms with Crippen molar-refractivity contribution in [3.05, 3.63) is 22.7 Å². The standard InChI is InChI=1S/C12H17N3O5/c1-7(2)11(16)19-6-10-18-5-9(20-10)15-4-3-8(13)14-12(15)17/h3-4,7,9-10H,5-6H2,1-2H3,(H2,13,14,17)/t9-,10-/m0/s1. The number of anilines is 1. The summed E-state index contributed by atoms with van der Waals surface area (Å²) in [6, 6.07) is 1.50. The van der Waals surface area contributed by atoms with Crippen LogP contribution >= 0.6 is 0 Å². The predicted octanol–water partition coefficient (Wildman–Crippen LogP) is -0.104. The van der Waals surface area contributed by atoms with E-state index in [9.17, 15) is 9.59 Å². The van der Waals surface area contributed by atoms with Gasteiger partial charge in [0, 0.05) is 6.20 Å². The first kappa shape index (κ1) is 14.5. The number of aromatic nitrogens is 2. The van der Waals surface area contributed by atoms with Gasteiger partial charge in [-0.15, -0.1) is 0 Å². The molecule has 1 aromatic heterocycles. The number of hydrogen-bond acceptors (Lipinski definition) is 7. The van der Waals surface area contributed by atoms with Crippen LogP contribution in [0.1, 0.15) is 20.1 Å². The first-order valence-electron chi connectivity index (χ1n) is 6.25. The van der Waals surface area contributed by atoms with Crippen molar-refractivity contribution in [3.8, 4) is 0 Å². The Balaban J connectivity index is 1.92. The van der Waals surface area contributed by atoms with Gasteiger partial charge < -0.3 is 19.9 Å². The van der Waals surface area contributed by atoms with Crippen LogP contribution in [0.3, 0.4) is 0 Å². The van der Waals surface area contributed by atoms with Crippen molar-refractivity contribution in [2.75, 3.05) is 18.9 Å². The summed E-state index contributed by atoms with van der Waals surface area (Å²) in [7, 11) is 0. The van der Waals surface area contributed by atoms with E-state index in [0.717, 1.165) is 0 Å². The molecule has 1 aliphatic rings. The maximum absolute atomic E-state index is 11.6. The monoisotopic (exact) mass is 283 g/mol. The van der Waals surface area contributed by atoms with Crippen molar-refractivity contribution >= 4 is 11.8 Å². The summed E-state index contributed by atoms with van der Waals surface area (Å²) in [5, 5.41) is 0. The molecule has 0 bridgehead atoms. The van der Waals surface area contributed by atoms with E-state index in [2.05, 4.69) is 4.98 Å². The van der Waals surface area contributed by atoms with E-state index >= 15 is 0 Å². The second-order valence-electron chi connectivity index (χ2n) is 4.68. The largest absolute Gasteiger partial charge is 0.460 e. The second kappa shape index (κ2) is 6.02. The number of ether oxygens (including phenoxy) is 3. The average Bonchev–Trinajstić information content (AvgIpc) is 2.84. The number of nitrogens with zero attached hydrogens (tertiary/aromatic N) is 2. The van der Waals surface area contributed by atoms with Gasteiger partial charge in [-0.25, -0.2) is 4.79 Å². The lowest BCUT2D eigenvalue weighted by Crippen LogP contribution is -2.29. The van der Waals surface area contributed by atoms with Crippen LogP contribution in [0.15, 0.2) is 17.1 Å². The highest BCUT2D eigenvalue weighted by atomic mass is 16.7. The molecule has 1 saturated heterocycles. The van der Waals surface area contributed by atoms with Crippen LogP contribution in [0.5, 0.6) is 0 Å². The van der Waals surface area contributed by atoms with Gasteiger partial charge in [-0.05, 0) is 6.07 Å². The first-order chi connectivity index (χ1) is 9.47. The Hall–Kier alpha value is -1.93. The van der Waals surface area contributed by atoms with Crippen molar-refractivity contribution in [1.82, 2.24) is 9.55 Å². The maximum Gasteiger partial charge on any atom is 0.351 e. The smallest absolute Gasteiger partial charge is 0.351 e. The molecule has 0 spiro atoms. The summed E-state index contributed by atoms with van der Waals surface area (Å²) >= 11 is 0. The molecule has 2 N–H and O–H groups in total. The maximum atomic E-state index is 11.6. The van der Waals surface area contributed by atoms with Crippen molar-refractivity contribution in [1.29, 1.82) is 0 Å². The fraction of sp³-hybridized carbons (Fsp3) is 0.583. The van der Waals surface area contributed by atoms with E-state index in [1.54, 1.807) is 13.8 Å². The quantitative estimate of drug-likeness (QED) is 0.769. The number of carbonyl (C=O) groups is 1. The van der Waals surface area contributed by atoms with E-state index in [-0.39, 0.29) is 30.9 Å². The Kier molecular flexibility index (Phi) is 4.35. The zero-order valence-corrected chi connectivity index (χ0v) is 11.3. The number of carbonyl (C=O) groups excluding carboxylic acids is 1. The number of esters is 1. The summed E-state index contributed by atoms with van der Waals surface area (Å²) < 4.78 is 17.1. The van der Waals surface area contributed by atoms with Crippen molar-refractivity contribution in [2.45, 2.75) is 26.4 Å². The molecule has 1 fully saturated rings. The molecule has 110 valence electrons. The van der Waals surface area contributed by atoms with Crippen LogP contribution in [0, 0.1) is 5.92 Å². The number of hydrogen-bond donors (Lipinski definition) is 1. The van der Waals surface area contributed by atoms with E-state index in [4.69, 9.17) is 19.9 Å². The molecule has 2 atom stereocenters. The zero-order chi connectivity index (χ0) is 14.7. The van der Waals surface area contributed by atoms with Gasteiger partial charge in [0.2, 0.25) is 0 Å². The number of nitrogens with two attached hydrogens (primary N) is 1. The summed E-state index contributed by atoms with van der Waals surface area (Å²) in [4.78, 5) is 26.6. The van der Waals surface area contributed by atoms with Gasteiger partial charge in [-0.2, -0.15) is 4.98 Å². The molecule has 0 unspecified atom stereocenters. The minimum Gasteiger partial charge on any atom is -0.460 e.